The van der Waals surface area contributed by atoms with E-state index in [4.69, 9.17) is 4.74 Å². The zero-order valence-corrected chi connectivity index (χ0v) is 14.7. The summed E-state index contributed by atoms with van der Waals surface area (Å²) in [4.78, 5) is 40.4. The maximum atomic E-state index is 12.8. The summed E-state index contributed by atoms with van der Waals surface area (Å²) < 4.78 is 5.63. The number of hydrogen-bond acceptors (Lipinski definition) is 4. The van der Waals surface area contributed by atoms with Crippen molar-refractivity contribution in [1.82, 2.24) is 15.1 Å². The summed E-state index contributed by atoms with van der Waals surface area (Å²) in [6.45, 7) is 6.81. The first kappa shape index (κ1) is 17.2. The van der Waals surface area contributed by atoms with Crippen molar-refractivity contribution in [2.24, 2.45) is 5.92 Å². The Morgan fingerprint density at radius 1 is 1.17 bits per heavy atom. The first-order valence-corrected chi connectivity index (χ1v) is 8.88. The topological polar surface area (TPSA) is 79.0 Å². The predicted octanol–water partition coefficient (Wildman–Crippen LogP) is 1.12. The van der Waals surface area contributed by atoms with Crippen LogP contribution in [0.1, 0.15) is 46.5 Å². The molecule has 3 aliphatic rings. The summed E-state index contributed by atoms with van der Waals surface area (Å²) in [5, 5.41) is 2.86. The molecule has 2 heterocycles. The Hall–Kier alpha value is -1.63. The molecule has 3 fully saturated rings. The highest BCUT2D eigenvalue weighted by atomic mass is 16.5. The Bertz CT molecular complexity index is 532. The number of nitrogens with zero attached hydrogens (tertiary/aromatic N) is 2. The van der Waals surface area contributed by atoms with Crippen LogP contribution in [0.2, 0.25) is 0 Å². The van der Waals surface area contributed by atoms with E-state index < -0.39 is 11.6 Å². The number of morpholine rings is 1. The van der Waals surface area contributed by atoms with E-state index in [0.29, 0.717) is 31.8 Å². The van der Waals surface area contributed by atoms with Gasteiger partial charge in [-0.25, -0.2) is 4.79 Å². The van der Waals surface area contributed by atoms with Crippen LogP contribution in [-0.4, -0.2) is 65.0 Å². The number of nitrogens with one attached hydrogen (secondary N) is 1. The smallest absolute Gasteiger partial charge is 0.325 e. The number of carbonyl (C=O) groups is 3. The van der Waals surface area contributed by atoms with Gasteiger partial charge in [0, 0.05) is 13.1 Å². The van der Waals surface area contributed by atoms with E-state index in [9.17, 15) is 14.4 Å². The summed E-state index contributed by atoms with van der Waals surface area (Å²) in [7, 11) is 0. The largest absolute Gasteiger partial charge is 0.372 e. The highest BCUT2D eigenvalue weighted by Crippen LogP contribution is 2.36. The van der Waals surface area contributed by atoms with Gasteiger partial charge in [-0.1, -0.05) is 6.92 Å². The average molecular weight is 337 g/mol. The Kier molecular flexibility index (Phi) is 4.55. The first-order valence-electron chi connectivity index (χ1n) is 8.88. The third kappa shape index (κ3) is 3.14. The molecule has 2 unspecified atom stereocenters. The number of imide groups is 1. The maximum absolute atomic E-state index is 12.8. The van der Waals surface area contributed by atoms with Gasteiger partial charge >= 0.3 is 6.03 Å². The van der Waals surface area contributed by atoms with Crippen LogP contribution in [0.15, 0.2) is 0 Å². The van der Waals surface area contributed by atoms with E-state index in [0.717, 1.165) is 17.7 Å². The van der Waals surface area contributed by atoms with Crippen molar-refractivity contribution < 1.29 is 19.1 Å². The minimum Gasteiger partial charge on any atom is -0.372 e. The standard InChI is InChI=1S/C17H27N3O4/c1-11-4-6-17(7-5-11)15(22)20(16(23)18-17)10-14(21)19-8-12(2)24-13(3)9-19/h11-13H,4-10H2,1-3H3,(H,18,23). The molecule has 1 aliphatic carbocycles. The SMILES string of the molecule is CC1CCC2(CC1)NC(=O)N(CC(=O)N1CC(C)OC(C)C1)C2=O. The molecule has 0 bridgehead atoms. The number of amides is 4. The van der Waals surface area contributed by atoms with Crippen LogP contribution in [0.25, 0.3) is 0 Å². The minimum atomic E-state index is -0.782. The van der Waals surface area contributed by atoms with Gasteiger partial charge in [0.15, 0.2) is 0 Å². The fourth-order valence-corrected chi connectivity index (χ4v) is 4.03. The summed E-state index contributed by atoms with van der Waals surface area (Å²) in [6, 6.07) is -0.433. The highest BCUT2D eigenvalue weighted by Gasteiger charge is 2.52. The molecule has 0 radical (unpaired) electrons. The van der Waals surface area contributed by atoms with Crippen molar-refractivity contribution in [3.05, 3.63) is 0 Å². The molecular formula is C17H27N3O4. The summed E-state index contributed by atoms with van der Waals surface area (Å²) in [5.41, 5.74) is -0.782. The van der Waals surface area contributed by atoms with Gasteiger partial charge in [0.2, 0.25) is 5.91 Å². The number of rotatable bonds is 2. The molecule has 3 rings (SSSR count). The molecule has 0 aromatic heterocycles. The molecule has 2 aliphatic heterocycles. The lowest BCUT2D eigenvalue weighted by atomic mass is 9.77. The normalized spacial score (nSPS) is 37.0. The van der Waals surface area contributed by atoms with E-state index in [1.54, 1.807) is 4.90 Å². The molecule has 24 heavy (non-hydrogen) atoms. The van der Waals surface area contributed by atoms with Crippen molar-refractivity contribution in [3.63, 3.8) is 0 Å². The monoisotopic (exact) mass is 337 g/mol. The van der Waals surface area contributed by atoms with Crippen LogP contribution >= 0.6 is 0 Å². The Balaban J connectivity index is 1.65. The van der Waals surface area contributed by atoms with E-state index in [1.807, 2.05) is 13.8 Å². The van der Waals surface area contributed by atoms with Gasteiger partial charge in [-0.15, -0.1) is 0 Å². The van der Waals surface area contributed by atoms with E-state index in [1.165, 1.54) is 0 Å². The maximum Gasteiger partial charge on any atom is 0.325 e. The molecular weight excluding hydrogens is 310 g/mol. The number of carbonyl (C=O) groups excluding carboxylic acids is 3. The zero-order chi connectivity index (χ0) is 17.5. The number of hydrogen-bond donors (Lipinski definition) is 1. The lowest BCUT2D eigenvalue weighted by Gasteiger charge is -2.36. The molecule has 4 amide bonds. The Morgan fingerprint density at radius 2 is 1.75 bits per heavy atom. The van der Waals surface area contributed by atoms with Gasteiger partial charge in [0.1, 0.15) is 12.1 Å². The quantitative estimate of drug-likeness (QED) is 0.766. The number of urea groups is 1. The average Bonchev–Trinajstić information content (AvgIpc) is 2.74. The minimum absolute atomic E-state index is 0.0352. The van der Waals surface area contributed by atoms with E-state index in [2.05, 4.69) is 12.2 Å². The van der Waals surface area contributed by atoms with Crippen molar-refractivity contribution in [2.45, 2.75) is 64.2 Å². The second kappa shape index (κ2) is 6.35. The molecule has 7 heteroatoms. The molecule has 7 nitrogen and oxygen atoms in total. The Morgan fingerprint density at radius 3 is 2.33 bits per heavy atom. The summed E-state index contributed by atoms with van der Waals surface area (Å²) >= 11 is 0. The lowest BCUT2D eigenvalue weighted by Crippen LogP contribution is -2.52. The van der Waals surface area contributed by atoms with Gasteiger partial charge in [0.05, 0.1) is 12.2 Å². The van der Waals surface area contributed by atoms with Crippen LogP contribution in [-0.2, 0) is 14.3 Å². The van der Waals surface area contributed by atoms with Gasteiger partial charge in [-0.05, 0) is 45.4 Å². The van der Waals surface area contributed by atoms with Crippen LogP contribution < -0.4 is 5.32 Å². The van der Waals surface area contributed by atoms with Gasteiger partial charge in [-0.2, -0.15) is 0 Å². The third-order valence-electron chi connectivity index (χ3n) is 5.44. The molecule has 0 aromatic rings. The molecule has 1 saturated carbocycles. The third-order valence-corrected chi connectivity index (χ3v) is 5.44. The Labute approximate surface area is 142 Å². The predicted molar refractivity (Wildman–Crippen MR) is 87.2 cm³/mol. The summed E-state index contributed by atoms with van der Waals surface area (Å²) in [5.74, 6) is 0.149. The van der Waals surface area contributed by atoms with Crippen molar-refractivity contribution in [1.29, 1.82) is 0 Å². The first-order chi connectivity index (χ1) is 11.3. The van der Waals surface area contributed by atoms with Gasteiger partial charge in [0.25, 0.3) is 5.91 Å². The molecule has 2 atom stereocenters. The highest BCUT2D eigenvalue weighted by molar-refractivity contribution is 6.09. The summed E-state index contributed by atoms with van der Waals surface area (Å²) in [6.07, 6.45) is 3.10. The zero-order valence-electron chi connectivity index (χ0n) is 14.7. The molecule has 1 N–H and O–H groups in total. The van der Waals surface area contributed by atoms with Gasteiger partial charge in [-0.3, -0.25) is 14.5 Å². The molecule has 134 valence electrons. The lowest BCUT2D eigenvalue weighted by molar-refractivity contribution is -0.147. The fraction of sp³-hybridized carbons (Fsp3) is 0.824. The van der Waals surface area contributed by atoms with Crippen molar-refractivity contribution in [3.8, 4) is 0 Å². The van der Waals surface area contributed by atoms with Crippen LogP contribution in [0.3, 0.4) is 0 Å². The fourth-order valence-electron chi connectivity index (χ4n) is 4.03. The van der Waals surface area contributed by atoms with Crippen LogP contribution in [0, 0.1) is 5.92 Å². The molecule has 2 saturated heterocycles. The van der Waals surface area contributed by atoms with Crippen LogP contribution in [0.4, 0.5) is 4.79 Å². The second-order valence-corrected chi connectivity index (χ2v) is 7.64. The van der Waals surface area contributed by atoms with E-state index in [-0.39, 0.29) is 30.6 Å². The van der Waals surface area contributed by atoms with Crippen molar-refractivity contribution in [2.75, 3.05) is 19.6 Å². The number of ether oxygens (including phenoxy) is 1. The second-order valence-electron chi connectivity index (χ2n) is 7.64. The van der Waals surface area contributed by atoms with Crippen LogP contribution in [0.5, 0.6) is 0 Å². The van der Waals surface area contributed by atoms with Gasteiger partial charge < -0.3 is 15.0 Å². The molecule has 1 spiro atoms. The van der Waals surface area contributed by atoms with E-state index >= 15 is 0 Å². The van der Waals surface area contributed by atoms with Crippen molar-refractivity contribution >= 4 is 17.8 Å². The molecule has 0 aromatic carbocycles.